The van der Waals surface area contributed by atoms with Gasteiger partial charge in [-0.1, -0.05) is 29.8 Å². The lowest BCUT2D eigenvalue weighted by atomic mass is 10.0. The monoisotopic (exact) mass is 315 g/mol. The minimum absolute atomic E-state index is 0.489. The fourth-order valence-corrected chi connectivity index (χ4v) is 2.82. The molecule has 1 heterocycles. The molecule has 1 saturated heterocycles. The summed E-state index contributed by atoms with van der Waals surface area (Å²) < 4.78 is 41.1. The van der Waals surface area contributed by atoms with Gasteiger partial charge in [-0.3, -0.25) is 9.45 Å². The van der Waals surface area contributed by atoms with E-state index in [2.05, 4.69) is 4.90 Å². The van der Waals surface area contributed by atoms with Crippen LogP contribution in [0.15, 0.2) is 24.3 Å². The summed E-state index contributed by atoms with van der Waals surface area (Å²) in [6.07, 6.45) is -0.188. The molecular weight excluding hydrogens is 294 g/mol. The van der Waals surface area contributed by atoms with Crippen LogP contribution in [0.1, 0.15) is 23.7 Å². The molecule has 0 radical (unpaired) electrons. The maximum atomic E-state index is 11.0. The maximum absolute atomic E-state index is 11.0. The van der Waals surface area contributed by atoms with Crippen LogP contribution in [0.2, 0.25) is 0 Å². The lowest BCUT2D eigenvalue weighted by Crippen LogP contribution is -2.37. The summed E-state index contributed by atoms with van der Waals surface area (Å²) in [7, 11) is -4.48. The van der Waals surface area contributed by atoms with Gasteiger partial charge in [0.1, 0.15) is 6.10 Å². The van der Waals surface area contributed by atoms with Gasteiger partial charge in [0.15, 0.2) is 0 Å². The van der Waals surface area contributed by atoms with E-state index in [0.29, 0.717) is 26.2 Å². The Morgan fingerprint density at radius 3 is 2.48 bits per heavy atom. The molecule has 1 N–H and O–H groups in total. The molecule has 0 saturated carbocycles. The number of ether oxygens (including phenoxy) is 1. The van der Waals surface area contributed by atoms with E-state index in [0.717, 1.165) is 24.2 Å². The summed E-state index contributed by atoms with van der Waals surface area (Å²) in [5.41, 5.74) is 1.82. The number of morpholine rings is 1. The van der Waals surface area contributed by atoms with Crippen LogP contribution in [0, 0.1) is 6.92 Å². The molecule has 2 rings (SSSR count). The van der Waals surface area contributed by atoms with E-state index in [4.69, 9.17) is 13.5 Å². The van der Waals surface area contributed by atoms with Gasteiger partial charge in [0, 0.05) is 19.6 Å². The second kappa shape index (κ2) is 7.33. The predicted molar refractivity (Wildman–Crippen MR) is 78.4 cm³/mol. The molecule has 0 aliphatic carbocycles. The first-order chi connectivity index (χ1) is 9.94. The number of rotatable bonds is 6. The van der Waals surface area contributed by atoms with Crippen LogP contribution in [0.4, 0.5) is 0 Å². The normalized spacial score (nSPS) is 18.6. The summed E-state index contributed by atoms with van der Waals surface area (Å²) in [5, 5.41) is 0. The molecule has 0 bridgehead atoms. The fraction of sp³-hybridized carbons (Fsp3) is 0.571. The number of benzene rings is 1. The molecule has 1 unspecified atom stereocenters. The Labute approximate surface area is 125 Å². The lowest BCUT2D eigenvalue weighted by Gasteiger charge is -2.28. The summed E-state index contributed by atoms with van der Waals surface area (Å²) in [4.78, 5) is 2.19. The van der Waals surface area contributed by atoms with Crippen molar-refractivity contribution in [3.05, 3.63) is 35.4 Å². The summed E-state index contributed by atoms with van der Waals surface area (Å²) in [6.45, 7) is 5.68. The van der Waals surface area contributed by atoms with Gasteiger partial charge in [0.2, 0.25) is 0 Å². The SMILES string of the molecule is Cc1ccc(C(CCN2CCOCC2)OS(=O)(=O)O)cc1. The molecule has 0 amide bonds. The van der Waals surface area contributed by atoms with Crippen LogP contribution in [0.3, 0.4) is 0 Å². The van der Waals surface area contributed by atoms with Gasteiger partial charge in [-0.2, -0.15) is 8.42 Å². The van der Waals surface area contributed by atoms with Crippen molar-refractivity contribution in [3.8, 4) is 0 Å². The zero-order valence-corrected chi connectivity index (χ0v) is 12.9. The summed E-state index contributed by atoms with van der Waals surface area (Å²) in [5.74, 6) is 0. The molecule has 7 heteroatoms. The zero-order valence-electron chi connectivity index (χ0n) is 12.1. The highest BCUT2D eigenvalue weighted by atomic mass is 32.3. The number of aryl methyl sites for hydroxylation is 1. The lowest BCUT2D eigenvalue weighted by molar-refractivity contribution is 0.0314. The van der Waals surface area contributed by atoms with Crippen LogP contribution < -0.4 is 0 Å². The molecule has 1 aliphatic heterocycles. The smallest absolute Gasteiger partial charge is 0.379 e. The van der Waals surface area contributed by atoms with Gasteiger partial charge in [-0.25, -0.2) is 4.18 Å². The van der Waals surface area contributed by atoms with E-state index >= 15 is 0 Å². The van der Waals surface area contributed by atoms with Gasteiger partial charge < -0.3 is 4.74 Å². The van der Waals surface area contributed by atoms with Crippen LogP contribution in [0.25, 0.3) is 0 Å². The molecule has 21 heavy (non-hydrogen) atoms. The molecular formula is C14H21NO5S. The average Bonchev–Trinajstić information content (AvgIpc) is 2.44. The maximum Gasteiger partial charge on any atom is 0.397 e. The van der Waals surface area contributed by atoms with E-state index in [9.17, 15) is 8.42 Å². The minimum Gasteiger partial charge on any atom is -0.379 e. The van der Waals surface area contributed by atoms with Gasteiger partial charge in [-0.05, 0) is 18.9 Å². The molecule has 6 nitrogen and oxygen atoms in total. The van der Waals surface area contributed by atoms with Crippen LogP contribution in [-0.2, 0) is 19.3 Å². The number of hydrogen-bond donors (Lipinski definition) is 1. The Hall–Kier alpha value is -0.990. The third-order valence-electron chi connectivity index (χ3n) is 3.50. The highest BCUT2D eigenvalue weighted by Crippen LogP contribution is 2.24. The second-order valence-corrected chi connectivity index (χ2v) is 6.21. The topological polar surface area (TPSA) is 76.1 Å². The minimum atomic E-state index is -4.48. The van der Waals surface area contributed by atoms with Crippen molar-refractivity contribution in [2.24, 2.45) is 0 Å². The van der Waals surface area contributed by atoms with Crippen LogP contribution in [-0.4, -0.2) is 50.7 Å². The number of hydrogen-bond acceptors (Lipinski definition) is 5. The number of nitrogens with zero attached hydrogens (tertiary/aromatic N) is 1. The Kier molecular flexibility index (Phi) is 5.72. The quantitative estimate of drug-likeness (QED) is 0.803. The van der Waals surface area contributed by atoms with E-state index in [1.54, 1.807) is 0 Å². The first kappa shape index (κ1) is 16.4. The average molecular weight is 315 g/mol. The standard InChI is InChI=1S/C14H21NO5S/c1-12-2-4-13(5-3-12)14(20-21(16,17)18)6-7-15-8-10-19-11-9-15/h2-5,14H,6-11H2,1H3,(H,16,17,18). The van der Waals surface area contributed by atoms with E-state index in [1.165, 1.54) is 0 Å². The molecule has 0 aromatic heterocycles. The highest BCUT2D eigenvalue weighted by Gasteiger charge is 2.21. The van der Waals surface area contributed by atoms with E-state index in [1.807, 2.05) is 31.2 Å². The second-order valence-electron chi connectivity index (χ2n) is 5.17. The zero-order chi connectivity index (χ0) is 15.3. The van der Waals surface area contributed by atoms with E-state index < -0.39 is 16.5 Å². The van der Waals surface area contributed by atoms with Crippen molar-refractivity contribution >= 4 is 10.4 Å². The summed E-state index contributed by atoms with van der Waals surface area (Å²) in [6, 6.07) is 7.43. The van der Waals surface area contributed by atoms with Crippen molar-refractivity contribution in [3.63, 3.8) is 0 Å². The van der Waals surface area contributed by atoms with Gasteiger partial charge in [0.05, 0.1) is 13.2 Å². The Morgan fingerprint density at radius 1 is 1.29 bits per heavy atom. The third kappa shape index (κ3) is 5.72. The molecule has 1 aromatic carbocycles. The molecule has 118 valence electrons. The molecule has 1 aromatic rings. The van der Waals surface area contributed by atoms with Crippen molar-refractivity contribution in [2.75, 3.05) is 32.8 Å². The van der Waals surface area contributed by atoms with Gasteiger partial charge >= 0.3 is 10.4 Å². The first-order valence-electron chi connectivity index (χ1n) is 6.96. The highest BCUT2D eigenvalue weighted by molar-refractivity contribution is 7.80. The van der Waals surface area contributed by atoms with Crippen molar-refractivity contribution < 1.29 is 21.9 Å². The Bertz CT molecular complexity index is 537. The Morgan fingerprint density at radius 2 is 1.90 bits per heavy atom. The Balaban J connectivity index is 2.02. The fourth-order valence-electron chi connectivity index (χ4n) is 2.32. The van der Waals surface area contributed by atoms with Crippen molar-refractivity contribution in [2.45, 2.75) is 19.4 Å². The molecule has 1 atom stereocenters. The third-order valence-corrected chi connectivity index (χ3v) is 3.97. The van der Waals surface area contributed by atoms with Crippen molar-refractivity contribution in [1.82, 2.24) is 4.90 Å². The van der Waals surface area contributed by atoms with Gasteiger partial charge in [-0.15, -0.1) is 0 Å². The molecule has 0 spiro atoms. The predicted octanol–water partition coefficient (Wildman–Crippen LogP) is 1.58. The molecule has 1 fully saturated rings. The van der Waals surface area contributed by atoms with Crippen LogP contribution in [0.5, 0.6) is 0 Å². The van der Waals surface area contributed by atoms with Crippen molar-refractivity contribution in [1.29, 1.82) is 0 Å². The largest absolute Gasteiger partial charge is 0.397 e. The summed E-state index contributed by atoms with van der Waals surface area (Å²) >= 11 is 0. The van der Waals surface area contributed by atoms with Crippen LogP contribution >= 0.6 is 0 Å². The first-order valence-corrected chi connectivity index (χ1v) is 8.33. The van der Waals surface area contributed by atoms with Gasteiger partial charge in [0.25, 0.3) is 0 Å². The molecule has 1 aliphatic rings. The van der Waals surface area contributed by atoms with E-state index in [-0.39, 0.29) is 0 Å².